The molecule has 0 saturated heterocycles. The fourth-order valence-corrected chi connectivity index (χ4v) is 3.15. The zero-order valence-electron chi connectivity index (χ0n) is 14.3. The van der Waals surface area contributed by atoms with Gasteiger partial charge >= 0.3 is 0 Å². The minimum absolute atomic E-state index is 0.247. The summed E-state index contributed by atoms with van der Waals surface area (Å²) in [7, 11) is 0. The maximum atomic E-state index is 10.2. The van der Waals surface area contributed by atoms with Crippen LogP contribution in [0.1, 0.15) is 43.0 Å². The summed E-state index contributed by atoms with van der Waals surface area (Å²) in [6.45, 7) is 4.50. The van der Waals surface area contributed by atoms with Crippen molar-refractivity contribution in [2.45, 2.75) is 51.2 Å². The lowest BCUT2D eigenvalue weighted by molar-refractivity contribution is 0.0950. The van der Waals surface area contributed by atoms with E-state index >= 15 is 0 Å². The first-order chi connectivity index (χ1) is 11.6. The van der Waals surface area contributed by atoms with Crippen LogP contribution in [0.25, 0.3) is 0 Å². The van der Waals surface area contributed by atoms with Crippen LogP contribution in [0.15, 0.2) is 28.8 Å². The fraction of sp³-hybridized carbons (Fsp3) is 0.556. The van der Waals surface area contributed by atoms with Crippen LogP contribution < -0.4 is 10.1 Å². The van der Waals surface area contributed by atoms with Crippen LogP contribution in [0.2, 0.25) is 0 Å². The molecule has 1 aromatic heterocycles. The molecular formula is C18H25N3O3. The molecule has 6 nitrogen and oxygen atoms in total. The number of aromatic nitrogens is 2. The molecule has 0 bridgehead atoms. The zero-order valence-corrected chi connectivity index (χ0v) is 14.3. The minimum Gasteiger partial charge on any atom is -0.491 e. The van der Waals surface area contributed by atoms with Gasteiger partial charge in [-0.2, -0.15) is 4.98 Å². The van der Waals surface area contributed by atoms with Crippen molar-refractivity contribution in [3.63, 3.8) is 0 Å². The van der Waals surface area contributed by atoms with E-state index in [-0.39, 0.29) is 12.1 Å². The minimum atomic E-state index is -0.600. The first-order valence-electron chi connectivity index (χ1n) is 8.51. The van der Waals surface area contributed by atoms with Crippen molar-refractivity contribution in [3.8, 4) is 5.75 Å². The predicted molar refractivity (Wildman–Crippen MR) is 89.9 cm³/mol. The number of hydrogen-bond acceptors (Lipinski definition) is 6. The number of nitrogens with one attached hydrogen (secondary N) is 1. The number of aliphatic hydroxyl groups excluding tert-OH is 1. The Morgan fingerprint density at radius 2 is 1.96 bits per heavy atom. The Bertz CT molecular complexity index is 648. The molecule has 1 aromatic carbocycles. The third kappa shape index (κ3) is 3.94. The summed E-state index contributed by atoms with van der Waals surface area (Å²) in [5.74, 6) is 2.04. The second-order valence-electron chi connectivity index (χ2n) is 6.58. The van der Waals surface area contributed by atoms with Crippen molar-refractivity contribution in [2.24, 2.45) is 0 Å². The van der Waals surface area contributed by atoms with E-state index in [0.717, 1.165) is 31.4 Å². The molecule has 6 heteroatoms. The van der Waals surface area contributed by atoms with Gasteiger partial charge in [0, 0.05) is 13.5 Å². The normalized spacial score (nSPS) is 17.8. The number of benzene rings is 1. The van der Waals surface area contributed by atoms with Crippen molar-refractivity contribution in [1.29, 1.82) is 0 Å². The van der Waals surface area contributed by atoms with Gasteiger partial charge in [0.25, 0.3) is 0 Å². The topological polar surface area (TPSA) is 80.4 Å². The van der Waals surface area contributed by atoms with Crippen LogP contribution >= 0.6 is 0 Å². The molecule has 2 N–H and O–H groups in total. The molecule has 1 saturated carbocycles. The molecule has 3 rings (SSSR count). The SMILES string of the molecule is Cc1ccc(OCC(O)CNC2(c3noc(C)n3)CCCC2)cc1. The van der Waals surface area contributed by atoms with Crippen LogP contribution in [0.5, 0.6) is 5.75 Å². The lowest BCUT2D eigenvalue weighted by Crippen LogP contribution is -2.45. The second kappa shape index (κ2) is 7.32. The molecule has 0 aliphatic heterocycles. The molecular weight excluding hydrogens is 306 g/mol. The molecule has 1 fully saturated rings. The number of hydrogen-bond donors (Lipinski definition) is 2. The fourth-order valence-electron chi connectivity index (χ4n) is 3.15. The first kappa shape index (κ1) is 16.9. The molecule has 0 spiro atoms. The Morgan fingerprint density at radius 1 is 1.25 bits per heavy atom. The highest BCUT2D eigenvalue weighted by Gasteiger charge is 2.39. The Balaban J connectivity index is 1.54. The Morgan fingerprint density at radius 3 is 2.58 bits per heavy atom. The quantitative estimate of drug-likeness (QED) is 0.811. The molecule has 1 unspecified atom stereocenters. The van der Waals surface area contributed by atoms with E-state index in [9.17, 15) is 5.11 Å². The van der Waals surface area contributed by atoms with Crippen molar-refractivity contribution < 1.29 is 14.4 Å². The number of nitrogens with zero attached hydrogens (tertiary/aromatic N) is 2. The smallest absolute Gasteiger partial charge is 0.223 e. The summed E-state index contributed by atoms with van der Waals surface area (Å²) < 4.78 is 10.8. The summed E-state index contributed by atoms with van der Waals surface area (Å²) >= 11 is 0. The van der Waals surface area contributed by atoms with Gasteiger partial charge in [-0.05, 0) is 31.9 Å². The highest BCUT2D eigenvalue weighted by Crippen LogP contribution is 2.37. The second-order valence-corrected chi connectivity index (χ2v) is 6.58. The van der Waals surface area contributed by atoms with Crippen LogP contribution in [0.3, 0.4) is 0 Å². The monoisotopic (exact) mass is 331 g/mol. The zero-order chi connectivity index (χ0) is 17.0. The third-order valence-corrected chi connectivity index (χ3v) is 4.55. The van der Waals surface area contributed by atoms with E-state index in [0.29, 0.717) is 18.3 Å². The van der Waals surface area contributed by atoms with E-state index in [1.165, 1.54) is 5.56 Å². The van der Waals surface area contributed by atoms with Gasteiger partial charge in [-0.15, -0.1) is 0 Å². The largest absolute Gasteiger partial charge is 0.491 e. The maximum absolute atomic E-state index is 10.2. The molecule has 0 amide bonds. The number of aryl methyl sites for hydroxylation is 2. The van der Waals surface area contributed by atoms with E-state index in [1.807, 2.05) is 31.2 Å². The van der Waals surface area contributed by atoms with E-state index in [2.05, 4.69) is 15.5 Å². The molecule has 130 valence electrons. The highest BCUT2D eigenvalue weighted by molar-refractivity contribution is 5.26. The van der Waals surface area contributed by atoms with Gasteiger partial charge < -0.3 is 19.7 Å². The van der Waals surface area contributed by atoms with E-state index in [1.54, 1.807) is 6.92 Å². The van der Waals surface area contributed by atoms with Gasteiger partial charge in [0.05, 0.1) is 5.54 Å². The van der Waals surface area contributed by atoms with Gasteiger partial charge in [-0.25, -0.2) is 0 Å². The summed E-state index contributed by atoms with van der Waals surface area (Å²) in [5, 5.41) is 17.8. The Kier molecular flexibility index (Phi) is 5.16. The molecule has 2 aromatic rings. The maximum Gasteiger partial charge on any atom is 0.223 e. The number of rotatable bonds is 7. The first-order valence-corrected chi connectivity index (χ1v) is 8.51. The van der Waals surface area contributed by atoms with Crippen LogP contribution in [0, 0.1) is 13.8 Å². The number of ether oxygens (including phenoxy) is 1. The lowest BCUT2D eigenvalue weighted by Gasteiger charge is -2.28. The summed E-state index contributed by atoms with van der Waals surface area (Å²) in [6.07, 6.45) is 3.55. The van der Waals surface area contributed by atoms with Gasteiger partial charge in [0.2, 0.25) is 5.89 Å². The van der Waals surface area contributed by atoms with Crippen molar-refractivity contribution in [1.82, 2.24) is 15.5 Å². The molecule has 0 radical (unpaired) electrons. The molecule has 1 aliphatic carbocycles. The number of aliphatic hydroxyl groups is 1. The Hall–Kier alpha value is -1.92. The van der Waals surface area contributed by atoms with Gasteiger partial charge in [0.1, 0.15) is 18.5 Å². The molecule has 1 aliphatic rings. The van der Waals surface area contributed by atoms with Gasteiger partial charge in [-0.3, -0.25) is 0 Å². The lowest BCUT2D eigenvalue weighted by atomic mass is 9.96. The summed E-state index contributed by atoms with van der Waals surface area (Å²) in [4.78, 5) is 4.39. The van der Waals surface area contributed by atoms with Crippen LogP contribution in [-0.2, 0) is 5.54 Å². The summed E-state index contributed by atoms with van der Waals surface area (Å²) in [6, 6.07) is 7.81. The van der Waals surface area contributed by atoms with Crippen molar-refractivity contribution in [2.75, 3.05) is 13.2 Å². The van der Waals surface area contributed by atoms with Crippen molar-refractivity contribution in [3.05, 3.63) is 41.5 Å². The van der Waals surface area contributed by atoms with Crippen LogP contribution in [-0.4, -0.2) is 34.5 Å². The van der Waals surface area contributed by atoms with Gasteiger partial charge in [0.15, 0.2) is 5.82 Å². The van der Waals surface area contributed by atoms with Gasteiger partial charge in [-0.1, -0.05) is 35.7 Å². The molecule has 1 heterocycles. The summed E-state index contributed by atoms with van der Waals surface area (Å²) in [5.41, 5.74) is 0.894. The predicted octanol–water partition coefficient (Wildman–Crippen LogP) is 2.49. The Labute approximate surface area is 142 Å². The van der Waals surface area contributed by atoms with Crippen molar-refractivity contribution >= 4 is 0 Å². The average Bonchev–Trinajstić information content (AvgIpc) is 3.22. The average molecular weight is 331 g/mol. The van der Waals surface area contributed by atoms with Crippen LogP contribution in [0.4, 0.5) is 0 Å². The van der Waals surface area contributed by atoms with E-state index < -0.39 is 6.10 Å². The molecule has 24 heavy (non-hydrogen) atoms. The van der Waals surface area contributed by atoms with E-state index in [4.69, 9.17) is 9.26 Å². The molecule has 1 atom stereocenters. The highest BCUT2D eigenvalue weighted by atomic mass is 16.5. The third-order valence-electron chi connectivity index (χ3n) is 4.55. The standard InChI is InChI=1S/C18H25N3O3/c1-13-5-7-16(8-6-13)23-12-15(22)11-19-18(9-3-4-10-18)17-20-14(2)24-21-17/h5-8,15,19,22H,3-4,9-12H2,1-2H3.